The molecule has 1 heterocycles. The molecule has 0 spiro atoms. The molecule has 2 amide bonds. The van der Waals surface area contributed by atoms with E-state index in [1.54, 1.807) is 18.3 Å². The number of carbonyl (C=O) groups is 3. The van der Waals surface area contributed by atoms with Gasteiger partial charge in [-0.25, -0.2) is 9.78 Å². The van der Waals surface area contributed by atoms with Gasteiger partial charge in [-0.15, -0.1) is 0 Å². The van der Waals surface area contributed by atoms with Crippen LogP contribution in [0.1, 0.15) is 31.7 Å². The normalized spacial score (nSPS) is 11.6. The summed E-state index contributed by atoms with van der Waals surface area (Å²) in [4.78, 5) is 40.3. The van der Waals surface area contributed by atoms with Crippen LogP contribution in [-0.4, -0.2) is 42.0 Å². The van der Waals surface area contributed by atoms with Crippen molar-refractivity contribution in [3.63, 3.8) is 0 Å². The third-order valence-corrected chi connectivity index (χ3v) is 5.65. The average Bonchev–Trinajstić information content (AvgIpc) is 2.83. The summed E-state index contributed by atoms with van der Waals surface area (Å²) in [5.41, 5.74) is 0.891. The number of halogens is 1. The molecule has 0 fully saturated rings. The van der Waals surface area contributed by atoms with E-state index in [0.717, 1.165) is 16.3 Å². The van der Waals surface area contributed by atoms with Crippen molar-refractivity contribution >= 4 is 46.0 Å². The van der Waals surface area contributed by atoms with Crippen molar-refractivity contribution in [2.24, 2.45) is 0 Å². The zero-order chi connectivity index (χ0) is 25.0. The minimum absolute atomic E-state index is 0.0342. The fourth-order valence-electron chi connectivity index (χ4n) is 3.49. The second kappa shape index (κ2) is 13.4. The van der Waals surface area contributed by atoms with E-state index < -0.39 is 12.1 Å². The highest BCUT2D eigenvalue weighted by Crippen LogP contribution is 2.16. The smallest absolute Gasteiger partial charge is 0.412 e. The first-order valence-electron chi connectivity index (χ1n) is 11.4. The third-order valence-electron chi connectivity index (χ3n) is 5.28. The van der Waals surface area contributed by atoms with Gasteiger partial charge in [0.25, 0.3) is 0 Å². The Hall–Kier alpha value is -3.49. The van der Waals surface area contributed by atoms with E-state index in [1.807, 2.05) is 42.5 Å². The van der Waals surface area contributed by atoms with Crippen molar-refractivity contribution in [2.45, 2.75) is 38.8 Å². The van der Waals surface area contributed by atoms with E-state index in [2.05, 4.69) is 20.9 Å². The van der Waals surface area contributed by atoms with Gasteiger partial charge >= 0.3 is 6.09 Å². The van der Waals surface area contributed by atoms with E-state index in [-0.39, 0.29) is 24.8 Å². The number of amides is 2. The van der Waals surface area contributed by atoms with Crippen LogP contribution >= 0.6 is 11.6 Å². The Morgan fingerprint density at radius 2 is 1.80 bits per heavy atom. The summed E-state index contributed by atoms with van der Waals surface area (Å²) >= 11 is 6.14. The zero-order valence-corrected chi connectivity index (χ0v) is 20.3. The van der Waals surface area contributed by atoms with Gasteiger partial charge in [0.2, 0.25) is 5.91 Å². The molecule has 3 rings (SSSR count). The van der Waals surface area contributed by atoms with Gasteiger partial charge in [-0.2, -0.15) is 0 Å². The van der Waals surface area contributed by atoms with Crippen molar-refractivity contribution in [1.29, 1.82) is 0 Å². The number of hydrogen-bond acceptors (Lipinski definition) is 6. The SMILES string of the molecule is CC(=O)CCC[C@@H](COC(=O)Nc1cc2ccccc2cn1)NC(=O)CNCc1ccccc1Cl. The number of ketones is 1. The quantitative estimate of drug-likeness (QED) is 0.341. The van der Waals surface area contributed by atoms with Crippen LogP contribution in [0.4, 0.5) is 10.6 Å². The van der Waals surface area contributed by atoms with Gasteiger partial charge in [-0.1, -0.05) is 54.1 Å². The van der Waals surface area contributed by atoms with E-state index in [1.165, 1.54) is 6.92 Å². The molecule has 0 radical (unpaired) electrons. The molecule has 0 aliphatic carbocycles. The van der Waals surface area contributed by atoms with Gasteiger partial charge in [0, 0.05) is 29.6 Å². The number of rotatable bonds is 12. The number of hydrogen-bond donors (Lipinski definition) is 3. The number of nitrogens with one attached hydrogen (secondary N) is 3. The molecule has 0 bridgehead atoms. The van der Waals surface area contributed by atoms with Crippen molar-refractivity contribution in [3.05, 3.63) is 71.4 Å². The topological polar surface area (TPSA) is 109 Å². The lowest BCUT2D eigenvalue weighted by Crippen LogP contribution is -2.43. The summed E-state index contributed by atoms with van der Waals surface area (Å²) in [5.74, 6) is 0.192. The maximum Gasteiger partial charge on any atom is 0.412 e. The standard InChI is InChI=1S/C26H29ClN4O4/c1-18(32)7-6-11-22(30-25(33)16-28-14-21-10-4-5-12-23(21)27)17-35-26(34)31-24-13-19-8-2-3-9-20(19)15-29-24/h2-5,8-10,12-13,15,22,28H,6-7,11,14,16-17H2,1H3,(H,30,33)(H,29,31,34)/t22-/m0/s1. The maximum atomic E-state index is 12.4. The van der Waals surface area contributed by atoms with Gasteiger partial charge in [0.15, 0.2) is 0 Å². The minimum Gasteiger partial charge on any atom is -0.447 e. The second-order valence-electron chi connectivity index (χ2n) is 8.19. The molecule has 1 atom stereocenters. The van der Waals surface area contributed by atoms with Gasteiger partial charge < -0.3 is 20.2 Å². The van der Waals surface area contributed by atoms with Crippen LogP contribution in [0.2, 0.25) is 5.02 Å². The van der Waals surface area contributed by atoms with Crippen LogP contribution in [0.25, 0.3) is 10.8 Å². The average molecular weight is 497 g/mol. The zero-order valence-electron chi connectivity index (χ0n) is 19.6. The predicted molar refractivity (Wildman–Crippen MR) is 136 cm³/mol. The van der Waals surface area contributed by atoms with Gasteiger partial charge in [-0.05, 0) is 42.8 Å². The highest BCUT2D eigenvalue weighted by molar-refractivity contribution is 6.31. The molecule has 184 valence electrons. The molecule has 3 N–H and O–H groups in total. The molecule has 0 saturated carbocycles. The Balaban J connectivity index is 1.49. The van der Waals surface area contributed by atoms with E-state index >= 15 is 0 Å². The Kier molecular flexibility index (Phi) is 10.0. The first-order chi connectivity index (χ1) is 16.9. The molecular formula is C26H29ClN4O4. The predicted octanol–water partition coefficient (Wildman–Crippen LogP) is 4.47. The van der Waals surface area contributed by atoms with Crippen molar-refractivity contribution in [1.82, 2.24) is 15.6 Å². The first-order valence-corrected chi connectivity index (χ1v) is 11.8. The number of ether oxygens (including phenoxy) is 1. The van der Waals surface area contributed by atoms with Crippen molar-refractivity contribution in [3.8, 4) is 0 Å². The largest absolute Gasteiger partial charge is 0.447 e. The molecule has 3 aromatic rings. The van der Waals surface area contributed by atoms with E-state index in [0.29, 0.717) is 36.6 Å². The number of aromatic nitrogens is 1. The van der Waals surface area contributed by atoms with Gasteiger partial charge in [0.05, 0.1) is 12.6 Å². The van der Waals surface area contributed by atoms with Crippen LogP contribution in [0, 0.1) is 0 Å². The summed E-state index contributed by atoms with van der Waals surface area (Å²) < 4.78 is 5.34. The summed E-state index contributed by atoms with van der Waals surface area (Å²) in [6, 6.07) is 16.4. The van der Waals surface area contributed by atoms with Crippen molar-refractivity contribution < 1.29 is 19.1 Å². The fourth-order valence-corrected chi connectivity index (χ4v) is 3.70. The summed E-state index contributed by atoms with van der Waals surface area (Å²) in [6.07, 6.45) is 2.47. The molecule has 0 saturated heterocycles. The molecule has 2 aromatic carbocycles. The number of benzene rings is 2. The molecule has 1 aromatic heterocycles. The lowest BCUT2D eigenvalue weighted by molar-refractivity contribution is -0.121. The number of carbonyl (C=O) groups excluding carboxylic acids is 3. The number of anilines is 1. The lowest BCUT2D eigenvalue weighted by Gasteiger charge is -2.19. The second-order valence-corrected chi connectivity index (χ2v) is 8.60. The van der Waals surface area contributed by atoms with E-state index in [4.69, 9.17) is 16.3 Å². The monoisotopic (exact) mass is 496 g/mol. The number of nitrogens with zero attached hydrogens (tertiary/aromatic N) is 1. The Morgan fingerprint density at radius 1 is 1.06 bits per heavy atom. The van der Waals surface area contributed by atoms with Crippen LogP contribution in [0.3, 0.4) is 0 Å². The molecule has 35 heavy (non-hydrogen) atoms. The van der Waals surface area contributed by atoms with Crippen LogP contribution in [0.5, 0.6) is 0 Å². The minimum atomic E-state index is -0.671. The molecule has 0 aliphatic heterocycles. The first kappa shape index (κ1) is 26.1. The van der Waals surface area contributed by atoms with Crippen LogP contribution in [-0.2, 0) is 20.9 Å². The molecule has 9 heteroatoms. The highest BCUT2D eigenvalue weighted by atomic mass is 35.5. The molecule has 0 aliphatic rings. The Bertz CT molecular complexity index is 1170. The fraction of sp³-hybridized carbons (Fsp3) is 0.308. The lowest BCUT2D eigenvalue weighted by atomic mass is 10.1. The summed E-state index contributed by atoms with van der Waals surface area (Å²) in [6.45, 7) is 2.00. The van der Waals surface area contributed by atoms with Crippen LogP contribution in [0.15, 0.2) is 60.8 Å². The maximum absolute atomic E-state index is 12.4. The molecule has 8 nitrogen and oxygen atoms in total. The summed E-state index contributed by atoms with van der Waals surface area (Å²) in [5, 5.41) is 11.1. The van der Waals surface area contributed by atoms with Gasteiger partial charge in [-0.3, -0.25) is 10.1 Å². The number of Topliss-reactive ketones (excluding diaryl/α,β-unsaturated/α-hetero) is 1. The molecule has 0 unspecified atom stereocenters. The van der Waals surface area contributed by atoms with Crippen LogP contribution < -0.4 is 16.0 Å². The van der Waals surface area contributed by atoms with E-state index in [9.17, 15) is 14.4 Å². The Labute approximate surface area is 209 Å². The number of pyridine rings is 1. The highest BCUT2D eigenvalue weighted by Gasteiger charge is 2.16. The summed E-state index contributed by atoms with van der Waals surface area (Å²) in [7, 11) is 0. The number of fused-ring (bicyclic) bond motifs is 1. The molecular weight excluding hydrogens is 468 g/mol. The third kappa shape index (κ3) is 8.99. The van der Waals surface area contributed by atoms with Crippen molar-refractivity contribution in [2.75, 3.05) is 18.5 Å². The van der Waals surface area contributed by atoms with Gasteiger partial charge in [0.1, 0.15) is 18.2 Å². The Morgan fingerprint density at radius 3 is 2.57 bits per heavy atom.